The Bertz CT molecular complexity index is 1110. The lowest BCUT2D eigenvalue weighted by Crippen LogP contribution is -2.24. The zero-order valence-corrected chi connectivity index (χ0v) is 19.0. The molecule has 0 saturated heterocycles. The molecule has 2 amide bonds. The van der Waals surface area contributed by atoms with Crippen LogP contribution in [-0.2, 0) is 17.9 Å². The number of hydrogen-bond acceptors (Lipinski definition) is 6. The van der Waals surface area contributed by atoms with Crippen molar-refractivity contribution in [1.82, 2.24) is 20.1 Å². The highest BCUT2D eigenvalue weighted by Gasteiger charge is 2.15. The van der Waals surface area contributed by atoms with Crippen LogP contribution < -0.4 is 15.4 Å². The van der Waals surface area contributed by atoms with E-state index >= 15 is 0 Å². The molecule has 2 N–H and O–H groups in total. The SMILES string of the molecule is CCn1c(CNC(=O)c2ccc(OC)cc2)nnc1SCC(=O)Nc1ccc(F)c(Cl)c1. The number of thioether (sulfide) groups is 1. The number of benzene rings is 2. The van der Waals surface area contributed by atoms with Gasteiger partial charge in [-0.15, -0.1) is 10.2 Å². The Kier molecular flexibility index (Phi) is 8.07. The van der Waals surface area contributed by atoms with E-state index in [4.69, 9.17) is 16.3 Å². The molecule has 3 aromatic rings. The third-order valence-electron chi connectivity index (χ3n) is 4.40. The molecule has 11 heteroatoms. The summed E-state index contributed by atoms with van der Waals surface area (Å²) in [6, 6.07) is 10.7. The molecule has 0 fully saturated rings. The third-order valence-corrected chi connectivity index (χ3v) is 5.66. The summed E-state index contributed by atoms with van der Waals surface area (Å²) in [6.07, 6.45) is 0. The van der Waals surface area contributed by atoms with Gasteiger partial charge in [-0.2, -0.15) is 0 Å². The van der Waals surface area contributed by atoms with Crippen molar-refractivity contribution in [2.24, 2.45) is 0 Å². The van der Waals surface area contributed by atoms with Crippen LogP contribution in [0.2, 0.25) is 5.02 Å². The molecule has 8 nitrogen and oxygen atoms in total. The highest BCUT2D eigenvalue weighted by molar-refractivity contribution is 7.99. The summed E-state index contributed by atoms with van der Waals surface area (Å²) >= 11 is 6.93. The number of nitrogens with zero attached hydrogens (tertiary/aromatic N) is 3. The second kappa shape index (κ2) is 11.0. The number of ether oxygens (including phenoxy) is 1. The van der Waals surface area contributed by atoms with Gasteiger partial charge in [0.1, 0.15) is 11.6 Å². The van der Waals surface area contributed by atoms with Crippen LogP contribution in [0.25, 0.3) is 0 Å². The Balaban J connectivity index is 1.56. The van der Waals surface area contributed by atoms with Crippen molar-refractivity contribution in [3.63, 3.8) is 0 Å². The van der Waals surface area contributed by atoms with E-state index in [9.17, 15) is 14.0 Å². The van der Waals surface area contributed by atoms with Gasteiger partial charge in [-0.1, -0.05) is 23.4 Å². The first-order chi connectivity index (χ1) is 15.4. The standard InChI is InChI=1S/C21H21ClFN5O3S/c1-3-28-18(11-24-20(30)13-4-7-15(31-2)8-5-13)26-27-21(28)32-12-19(29)25-14-6-9-17(23)16(22)10-14/h4-10H,3,11-12H2,1-2H3,(H,24,30)(H,25,29). The maximum absolute atomic E-state index is 13.2. The van der Waals surface area contributed by atoms with Gasteiger partial charge in [0, 0.05) is 17.8 Å². The summed E-state index contributed by atoms with van der Waals surface area (Å²) < 4.78 is 20.1. The van der Waals surface area contributed by atoms with Gasteiger partial charge in [0.2, 0.25) is 5.91 Å². The van der Waals surface area contributed by atoms with E-state index in [1.807, 2.05) is 11.5 Å². The second-order valence-corrected chi connectivity index (χ2v) is 7.87. The van der Waals surface area contributed by atoms with Crippen molar-refractivity contribution in [2.45, 2.75) is 25.2 Å². The summed E-state index contributed by atoms with van der Waals surface area (Å²) in [5.74, 6) is 0.220. The highest BCUT2D eigenvalue weighted by atomic mass is 35.5. The number of carbonyl (C=O) groups excluding carboxylic acids is 2. The smallest absolute Gasteiger partial charge is 0.251 e. The molecule has 0 aliphatic rings. The number of hydrogen-bond donors (Lipinski definition) is 2. The monoisotopic (exact) mass is 477 g/mol. The fourth-order valence-electron chi connectivity index (χ4n) is 2.78. The zero-order chi connectivity index (χ0) is 23.1. The number of anilines is 1. The largest absolute Gasteiger partial charge is 0.497 e. The Labute approximate surface area is 193 Å². The van der Waals surface area contributed by atoms with Gasteiger partial charge >= 0.3 is 0 Å². The van der Waals surface area contributed by atoms with Crippen LogP contribution in [0.5, 0.6) is 5.75 Å². The molecule has 0 saturated carbocycles. The quantitative estimate of drug-likeness (QED) is 0.455. The second-order valence-electron chi connectivity index (χ2n) is 6.52. The Hall–Kier alpha value is -3.11. The number of nitrogens with one attached hydrogen (secondary N) is 2. The van der Waals surface area contributed by atoms with Crippen LogP contribution in [0, 0.1) is 5.82 Å². The molecular weight excluding hydrogens is 457 g/mol. The van der Waals surface area contributed by atoms with Gasteiger partial charge in [-0.05, 0) is 49.4 Å². The van der Waals surface area contributed by atoms with E-state index in [1.165, 1.54) is 30.0 Å². The van der Waals surface area contributed by atoms with E-state index in [0.717, 1.165) is 0 Å². The maximum atomic E-state index is 13.2. The van der Waals surface area contributed by atoms with Crippen LogP contribution in [0.1, 0.15) is 23.1 Å². The Morgan fingerprint density at radius 2 is 1.94 bits per heavy atom. The van der Waals surface area contributed by atoms with Crippen molar-refractivity contribution >= 4 is 40.9 Å². The van der Waals surface area contributed by atoms with Gasteiger partial charge in [0.15, 0.2) is 11.0 Å². The molecular formula is C21H21ClFN5O3S. The fraction of sp³-hybridized carbons (Fsp3) is 0.238. The average molecular weight is 478 g/mol. The molecule has 1 aromatic heterocycles. The predicted molar refractivity (Wildman–Crippen MR) is 121 cm³/mol. The number of carbonyl (C=O) groups is 2. The van der Waals surface area contributed by atoms with Gasteiger partial charge in [0.05, 0.1) is 24.4 Å². The van der Waals surface area contributed by atoms with Crippen LogP contribution >= 0.6 is 23.4 Å². The number of aromatic nitrogens is 3. The van der Waals surface area contributed by atoms with Crippen LogP contribution in [0.3, 0.4) is 0 Å². The van der Waals surface area contributed by atoms with Crippen LogP contribution in [0.15, 0.2) is 47.6 Å². The molecule has 0 atom stereocenters. The van der Waals surface area contributed by atoms with Crippen molar-refractivity contribution in [3.05, 3.63) is 64.7 Å². The molecule has 32 heavy (non-hydrogen) atoms. The topological polar surface area (TPSA) is 98.1 Å². The number of amides is 2. The molecule has 168 valence electrons. The van der Waals surface area contributed by atoms with E-state index in [0.29, 0.717) is 34.5 Å². The minimum absolute atomic E-state index is 0.0671. The van der Waals surface area contributed by atoms with Crippen LogP contribution in [-0.4, -0.2) is 39.4 Å². The Morgan fingerprint density at radius 3 is 2.59 bits per heavy atom. The lowest BCUT2D eigenvalue weighted by molar-refractivity contribution is -0.113. The molecule has 2 aromatic carbocycles. The fourth-order valence-corrected chi connectivity index (χ4v) is 3.78. The summed E-state index contributed by atoms with van der Waals surface area (Å²) in [6.45, 7) is 2.67. The maximum Gasteiger partial charge on any atom is 0.251 e. The predicted octanol–water partition coefficient (Wildman–Crippen LogP) is 3.76. The summed E-state index contributed by atoms with van der Waals surface area (Å²) in [5.41, 5.74) is 0.904. The summed E-state index contributed by atoms with van der Waals surface area (Å²) in [4.78, 5) is 24.6. The van der Waals surface area contributed by atoms with Gasteiger partial charge in [0.25, 0.3) is 5.91 Å². The normalized spacial score (nSPS) is 10.6. The summed E-state index contributed by atoms with van der Waals surface area (Å²) in [5, 5.41) is 14.2. The third kappa shape index (κ3) is 5.98. The summed E-state index contributed by atoms with van der Waals surface area (Å²) in [7, 11) is 1.56. The lowest BCUT2D eigenvalue weighted by Gasteiger charge is -2.09. The van der Waals surface area contributed by atoms with Gasteiger partial charge < -0.3 is 19.9 Å². The molecule has 1 heterocycles. The van der Waals surface area contributed by atoms with E-state index in [-0.39, 0.29) is 29.1 Å². The first kappa shape index (κ1) is 23.6. The van der Waals surface area contributed by atoms with Crippen molar-refractivity contribution < 1.29 is 18.7 Å². The lowest BCUT2D eigenvalue weighted by atomic mass is 10.2. The zero-order valence-electron chi connectivity index (χ0n) is 17.4. The highest BCUT2D eigenvalue weighted by Crippen LogP contribution is 2.21. The van der Waals surface area contributed by atoms with Crippen molar-refractivity contribution in [1.29, 1.82) is 0 Å². The van der Waals surface area contributed by atoms with Crippen molar-refractivity contribution in [3.8, 4) is 5.75 Å². The molecule has 0 aliphatic heterocycles. The molecule has 0 radical (unpaired) electrons. The van der Waals surface area contributed by atoms with E-state index in [1.54, 1.807) is 31.4 Å². The average Bonchev–Trinajstić information content (AvgIpc) is 3.20. The molecule has 0 unspecified atom stereocenters. The van der Waals surface area contributed by atoms with Crippen LogP contribution in [0.4, 0.5) is 10.1 Å². The van der Waals surface area contributed by atoms with Crippen molar-refractivity contribution in [2.75, 3.05) is 18.2 Å². The van der Waals surface area contributed by atoms with E-state index < -0.39 is 5.82 Å². The van der Waals surface area contributed by atoms with Gasteiger partial charge in [-0.25, -0.2) is 4.39 Å². The Morgan fingerprint density at radius 1 is 1.19 bits per heavy atom. The number of methoxy groups -OCH3 is 1. The number of halogens is 2. The molecule has 0 bridgehead atoms. The molecule has 0 spiro atoms. The minimum Gasteiger partial charge on any atom is -0.497 e. The first-order valence-electron chi connectivity index (χ1n) is 9.63. The van der Waals surface area contributed by atoms with E-state index in [2.05, 4.69) is 20.8 Å². The first-order valence-corrected chi connectivity index (χ1v) is 11.0. The molecule has 0 aliphatic carbocycles. The number of rotatable bonds is 9. The van der Waals surface area contributed by atoms with Gasteiger partial charge in [-0.3, -0.25) is 9.59 Å². The molecule has 3 rings (SSSR count). The minimum atomic E-state index is -0.554.